The van der Waals surface area contributed by atoms with E-state index in [9.17, 15) is 4.39 Å². The van der Waals surface area contributed by atoms with Crippen LogP contribution in [-0.2, 0) is 0 Å². The van der Waals surface area contributed by atoms with Crippen molar-refractivity contribution in [2.24, 2.45) is 0 Å². The second kappa shape index (κ2) is 8.18. The average molecular weight is 316 g/mol. The molecule has 1 aliphatic heterocycles. The van der Waals surface area contributed by atoms with Crippen LogP contribution in [0.2, 0.25) is 5.02 Å². The van der Waals surface area contributed by atoms with Gasteiger partial charge in [-0.1, -0.05) is 17.7 Å². The summed E-state index contributed by atoms with van der Waals surface area (Å²) in [5, 5.41) is 3.83. The lowest BCUT2D eigenvalue weighted by Gasteiger charge is -2.33. The van der Waals surface area contributed by atoms with Crippen LogP contribution < -0.4 is 5.32 Å². The van der Waals surface area contributed by atoms with Crippen LogP contribution in [0.25, 0.3) is 0 Å². The molecule has 18 heavy (non-hydrogen) atoms. The first kappa shape index (κ1) is 17.9. The van der Waals surface area contributed by atoms with Crippen LogP contribution in [0.1, 0.15) is 18.5 Å². The monoisotopic (exact) mass is 314 g/mol. The summed E-state index contributed by atoms with van der Waals surface area (Å²) < 4.78 is 12.9. The Morgan fingerprint density at radius 2 is 1.89 bits per heavy atom. The van der Waals surface area contributed by atoms with E-state index in [0.717, 1.165) is 31.7 Å². The predicted octanol–water partition coefficient (Wildman–Crippen LogP) is 3.29. The van der Waals surface area contributed by atoms with Crippen molar-refractivity contribution in [3.05, 3.63) is 34.6 Å². The van der Waals surface area contributed by atoms with E-state index < -0.39 is 0 Å². The van der Waals surface area contributed by atoms with Gasteiger partial charge in [0.15, 0.2) is 0 Å². The summed E-state index contributed by atoms with van der Waals surface area (Å²) in [4.78, 5) is 2.36. The molecule has 1 aliphatic rings. The first-order valence-corrected chi connectivity index (χ1v) is 5.96. The zero-order chi connectivity index (χ0) is 11.5. The molecular formula is C12H18Cl3FN2. The predicted molar refractivity (Wildman–Crippen MR) is 78.8 cm³/mol. The average Bonchev–Trinajstić information content (AvgIpc) is 2.29. The number of nitrogens with zero attached hydrogens (tertiary/aromatic N) is 1. The molecule has 0 bridgehead atoms. The summed E-state index contributed by atoms with van der Waals surface area (Å²) in [6, 6.07) is 4.88. The fraction of sp³-hybridized carbons (Fsp3) is 0.500. The van der Waals surface area contributed by atoms with Crippen LogP contribution in [0.15, 0.2) is 18.2 Å². The summed E-state index contributed by atoms with van der Waals surface area (Å²) in [6.45, 7) is 6.14. The Balaban J connectivity index is 0.00000144. The van der Waals surface area contributed by atoms with Gasteiger partial charge in [-0.2, -0.15) is 0 Å². The Kier molecular flexibility index (Phi) is 8.15. The van der Waals surface area contributed by atoms with Crippen molar-refractivity contribution < 1.29 is 4.39 Å². The second-order valence-electron chi connectivity index (χ2n) is 4.13. The first-order valence-electron chi connectivity index (χ1n) is 5.58. The molecule has 0 radical (unpaired) electrons. The molecule has 104 valence electrons. The van der Waals surface area contributed by atoms with Crippen molar-refractivity contribution in [1.29, 1.82) is 0 Å². The number of halogens is 4. The minimum atomic E-state index is -0.277. The van der Waals surface area contributed by atoms with Crippen LogP contribution in [0.3, 0.4) is 0 Å². The van der Waals surface area contributed by atoms with Crippen molar-refractivity contribution in [2.75, 3.05) is 26.2 Å². The zero-order valence-electron chi connectivity index (χ0n) is 10.2. The smallest absolute Gasteiger partial charge is 0.124 e. The van der Waals surface area contributed by atoms with Gasteiger partial charge in [0.25, 0.3) is 0 Å². The molecule has 6 heteroatoms. The van der Waals surface area contributed by atoms with Crippen LogP contribution in [0, 0.1) is 5.82 Å². The van der Waals surface area contributed by atoms with Crippen molar-refractivity contribution in [1.82, 2.24) is 10.2 Å². The van der Waals surface area contributed by atoms with Gasteiger partial charge in [0.05, 0.1) is 0 Å². The summed E-state index contributed by atoms with van der Waals surface area (Å²) in [5.41, 5.74) is 1.00. The topological polar surface area (TPSA) is 15.3 Å². The number of piperazine rings is 1. The van der Waals surface area contributed by atoms with Crippen LogP contribution in [0.5, 0.6) is 0 Å². The van der Waals surface area contributed by atoms with E-state index in [-0.39, 0.29) is 36.7 Å². The minimum Gasteiger partial charge on any atom is -0.314 e. The fourth-order valence-corrected chi connectivity index (χ4v) is 2.43. The third-order valence-electron chi connectivity index (χ3n) is 3.11. The van der Waals surface area contributed by atoms with Crippen LogP contribution in [-0.4, -0.2) is 31.1 Å². The highest BCUT2D eigenvalue weighted by molar-refractivity contribution is 6.31. The molecule has 0 spiro atoms. The molecule has 2 nitrogen and oxygen atoms in total. The van der Waals surface area contributed by atoms with Crippen LogP contribution in [0.4, 0.5) is 4.39 Å². The first-order chi connectivity index (χ1) is 7.68. The van der Waals surface area contributed by atoms with Gasteiger partial charge in [-0.05, 0) is 24.6 Å². The standard InChI is InChI=1S/C12H16ClFN2.2ClH/c1-9(16-6-4-15-5-7-16)11-3-2-10(14)8-12(11)13;;/h2-3,8-9,15H,4-7H2,1H3;2*1H/t9-;;/m1../s1. The van der Waals surface area contributed by atoms with Crippen molar-refractivity contribution in [2.45, 2.75) is 13.0 Å². The Labute approximate surface area is 125 Å². The van der Waals surface area contributed by atoms with Crippen molar-refractivity contribution in [3.63, 3.8) is 0 Å². The highest BCUT2D eigenvalue weighted by atomic mass is 35.5. The maximum Gasteiger partial charge on any atom is 0.124 e. The molecule has 0 aromatic heterocycles. The van der Waals surface area contributed by atoms with E-state index in [1.54, 1.807) is 6.07 Å². The molecular weight excluding hydrogens is 298 g/mol. The highest BCUT2D eigenvalue weighted by Crippen LogP contribution is 2.27. The van der Waals surface area contributed by atoms with E-state index in [2.05, 4.69) is 17.1 Å². The summed E-state index contributed by atoms with van der Waals surface area (Å²) in [6.07, 6.45) is 0. The maximum atomic E-state index is 12.9. The SMILES string of the molecule is C[C@H](c1ccc(F)cc1Cl)N1CCNCC1.Cl.Cl. The lowest BCUT2D eigenvalue weighted by molar-refractivity contribution is 0.185. The molecule has 1 saturated heterocycles. The molecule has 0 amide bonds. The van der Waals surface area contributed by atoms with Gasteiger partial charge in [-0.15, -0.1) is 24.8 Å². The van der Waals surface area contributed by atoms with Gasteiger partial charge in [-0.3, -0.25) is 4.90 Å². The number of rotatable bonds is 2. The zero-order valence-corrected chi connectivity index (χ0v) is 12.5. The summed E-state index contributed by atoms with van der Waals surface area (Å²) >= 11 is 6.06. The number of nitrogens with one attached hydrogen (secondary N) is 1. The third-order valence-corrected chi connectivity index (χ3v) is 3.44. The summed E-state index contributed by atoms with van der Waals surface area (Å²) in [5.74, 6) is -0.277. The van der Waals surface area contributed by atoms with Crippen molar-refractivity contribution in [3.8, 4) is 0 Å². The maximum absolute atomic E-state index is 12.9. The molecule has 1 aromatic carbocycles. The molecule has 1 atom stereocenters. The fourth-order valence-electron chi connectivity index (χ4n) is 2.11. The number of benzene rings is 1. The Morgan fingerprint density at radius 3 is 2.44 bits per heavy atom. The van der Waals surface area contributed by atoms with Gasteiger partial charge in [-0.25, -0.2) is 4.39 Å². The van der Waals surface area contributed by atoms with E-state index in [0.29, 0.717) is 5.02 Å². The van der Waals surface area contributed by atoms with E-state index in [4.69, 9.17) is 11.6 Å². The lowest BCUT2D eigenvalue weighted by atomic mass is 10.1. The summed E-state index contributed by atoms with van der Waals surface area (Å²) in [7, 11) is 0. The Hall–Kier alpha value is -0.0600. The molecule has 1 fully saturated rings. The third kappa shape index (κ3) is 4.25. The van der Waals surface area contributed by atoms with Crippen LogP contribution >= 0.6 is 36.4 Å². The van der Waals surface area contributed by atoms with E-state index in [1.165, 1.54) is 12.1 Å². The number of hydrogen-bond donors (Lipinski definition) is 1. The van der Waals surface area contributed by atoms with E-state index in [1.807, 2.05) is 0 Å². The van der Waals surface area contributed by atoms with Crippen molar-refractivity contribution >= 4 is 36.4 Å². The lowest BCUT2D eigenvalue weighted by Crippen LogP contribution is -2.44. The van der Waals surface area contributed by atoms with Gasteiger partial charge in [0, 0.05) is 37.2 Å². The second-order valence-corrected chi connectivity index (χ2v) is 4.53. The van der Waals surface area contributed by atoms with Gasteiger partial charge >= 0.3 is 0 Å². The molecule has 2 rings (SSSR count). The van der Waals surface area contributed by atoms with E-state index >= 15 is 0 Å². The molecule has 1 N–H and O–H groups in total. The minimum absolute atomic E-state index is 0. The van der Waals surface area contributed by atoms with Gasteiger partial charge < -0.3 is 5.32 Å². The molecule has 0 saturated carbocycles. The molecule has 0 aliphatic carbocycles. The molecule has 0 unspecified atom stereocenters. The number of hydrogen-bond acceptors (Lipinski definition) is 2. The highest BCUT2D eigenvalue weighted by Gasteiger charge is 2.19. The Bertz CT molecular complexity index is 370. The quantitative estimate of drug-likeness (QED) is 0.901. The Morgan fingerprint density at radius 1 is 1.28 bits per heavy atom. The van der Waals surface area contributed by atoms with Gasteiger partial charge in [0.2, 0.25) is 0 Å². The molecule has 1 aromatic rings. The normalized spacial score (nSPS) is 17.5. The van der Waals surface area contributed by atoms with Gasteiger partial charge in [0.1, 0.15) is 5.82 Å². The largest absolute Gasteiger partial charge is 0.314 e. The molecule has 1 heterocycles.